The van der Waals surface area contributed by atoms with Crippen LogP contribution >= 0.6 is 0 Å². The first kappa shape index (κ1) is 22.1. The van der Waals surface area contributed by atoms with Gasteiger partial charge in [-0.05, 0) is 54.3 Å². The topological polar surface area (TPSA) is 83.2 Å². The average molecular weight is 442 g/mol. The second kappa shape index (κ2) is 10.0. The Bertz CT molecular complexity index is 1260. The fraction of sp³-hybridized carbons (Fsp3) is 0.185. The van der Waals surface area contributed by atoms with E-state index in [2.05, 4.69) is 15.6 Å². The summed E-state index contributed by atoms with van der Waals surface area (Å²) in [6.45, 7) is 4.14. The minimum atomic E-state index is -0.811. The van der Waals surface area contributed by atoms with E-state index in [1.165, 1.54) is 0 Å². The second-order valence-corrected chi connectivity index (χ2v) is 8.11. The highest BCUT2D eigenvalue weighted by molar-refractivity contribution is 5.97. The molecule has 2 amide bonds. The number of aromatic nitrogens is 1. The first-order chi connectivity index (χ1) is 16.0. The van der Waals surface area contributed by atoms with Gasteiger partial charge in [0.1, 0.15) is 12.6 Å². The van der Waals surface area contributed by atoms with E-state index in [9.17, 15) is 9.59 Å². The third-order valence-electron chi connectivity index (χ3n) is 5.69. The van der Waals surface area contributed by atoms with Crippen LogP contribution < -0.4 is 10.6 Å². The molecule has 0 radical (unpaired) electrons. The van der Waals surface area contributed by atoms with Gasteiger partial charge in [0, 0.05) is 29.2 Å². The predicted molar refractivity (Wildman–Crippen MR) is 130 cm³/mol. The summed E-state index contributed by atoms with van der Waals surface area (Å²) in [5.74, 6) is -0.305. The molecule has 6 heteroatoms. The van der Waals surface area contributed by atoms with Crippen molar-refractivity contribution in [2.24, 2.45) is 0 Å². The molecule has 0 unspecified atom stereocenters. The van der Waals surface area contributed by atoms with Gasteiger partial charge in [0.25, 0.3) is 0 Å². The minimum absolute atomic E-state index is 0.130. The molecule has 0 fully saturated rings. The molecule has 3 N–H and O–H groups in total. The van der Waals surface area contributed by atoms with Gasteiger partial charge in [0.05, 0.1) is 0 Å². The Hall–Kier alpha value is -4.06. The van der Waals surface area contributed by atoms with Crippen molar-refractivity contribution in [2.75, 3.05) is 5.32 Å². The highest BCUT2D eigenvalue weighted by atomic mass is 16.5. The smallest absolute Gasteiger partial charge is 0.408 e. The summed E-state index contributed by atoms with van der Waals surface area (Å²) >= 11 is 0. The number of rotatable bonds is 7. The molecule has 0 saturated heterocycles. The number of aromatic amines is 1. The number of hydrogen-bond acceptors (Lipinski definition) is 3. The van der Waals surface area contributed by atoms with Gasteiger partial charge in [-0.2, -0.15) is 0 Å². The number of aryl methyl sites for hydroxylation is 2. The number of hydrogen-bond donors (Lipinski definition) is 3. The Balaban J connectivity index is 1.50. The third-order valence-corrected chi connectivity index (χ3v) is 5.69. The number of fused-ring (bicyclic) bond motifs is 1. The number of alkyl carbamates (subject to hydrolysis) is 1. The zero-order chi connectivity index (χ0) is 23.2. The zero-order valence-corrected chi connectivity index (χ0v) is 18.7. The van der Waals surface area contributed by atoms with Crippen molar-refractivity contribution in [1.82, 2.24) is 10.3 Å². The lowest BCUT2D eigenvalue weighted by atomic mass is 10.0. The molecule has 0 spiro atoms. The lowest BCUT2D eigenvalue weighted by molar-refractivity contribution is -0.118. The van der Waals surface area contributed by atoms with Crippen LogP contribution in [-0.4, -0.2) is 23.0 Å². The first-order valence-electron chi connectivity index (χ1n) is 10.9. The number of carbonyl (C=O) groups is 2. The standard InChI is InChI=1S/C27H27N3O3/c1-18-12-13-22(14-19(18)2)29-26(31)25(15-21-16-28-24-11-7-6-10-23(21)24)30-27(32)33-17-20-8-4-3-5-9-20/h3-14,16,25,28H,15,17H2,1-2H3,(H,29,31)(H,30,32)/t25-/m1/s1. The molecule has 0 aliphatic carbocycles. The van der Waals surface area contributed by atoms with Crippen molar-refractivity contribution in [3.05, 3.63) is 101 Å². The largest absolute Gasteiger partial charge is 0.445 e. The van der Waals surface area contributed by atoms with E-state index >= 15 is 0 Å². The van der Waals surface area contributed by atoms with E-state index in [0.29, 0.717) is 12.1 Å². The fourth-order valence-electron chi connectivity index (χ4n) is 3.69. The summed E-state index contributed by atoms with van der Waals surface area (Å²) in [7, 11) is 0. The van der Waals surface area contributed by atoms with Gasteiger partial charge >= 0.3 is 6.09 Å². The molecule has 1 heterocycles. The highest BCUT2D eigenvalue weighted by Crippen LogP contribution is 2.20. The van der Waals surface area contributed by atoms with E-state index in [4.69, 9.17) is 4.74 Å². The number of amides is 2. The van der Waals surface area contributed by atoms with Crippen LogP contribution in [0.3, 0.4) is 0 Å². The second-order valence-electron chi connectivity index (χ2n) is 8.11. The van der Waals surface area contributed by atoms with E-state index in [-0.39, 0.29) is 12.5 Å². The van der Waals surface area contributed by atoms with Crippen LogP contribution in [0.4, 0.5) is 10.5 Å². The SMILES string of the molecule is Cc1ccc(NC(=O)[C@@H](Cc2c[nH]c3ccccc23)NC(=O)OCc2ccccc2)cc1C. The Morgan fingerprint density at radius 2 is 1.70 bits per heavy atom. The first-order valence-corrected chi connectivity index (χ1v) is 10.9. The molecule has 0 bridgehead atoms. The molecule has 0 saturated carbocycles. The van der Waals surface area contributed by atoms with Crippen molar-refractivity contribution in [1.29, 1.82) is 0 Å². The highest BCUT2D eigenvalue weighted by Gasteiger charge is 2.23. The summed E-state index contributed by atoms with van der Waals surface area (Å²) in [5.41, 5.74) is 5.70. The van der Waals surface area contributed by atoms with Crippen molar-refractivity contribution < 1.29 is 14.3 Å². The van der Waals surface area contributed by atoms with E-state index in [1.54, 1.807) is 0 Å². The summed E-state index contributed by atoms with van der Waals surface area (Å²) in [5, 5.41) is 6.69. The molecule has 0 aliphatic rings. The van der Waals surface area contributed by atoms with Gasteiger partial charge < -0.3 is 20.4 Å². The molecule has 3 aromatic carbocycles. The summed E-state index contributed by atoms with van der Waals surface area (Å²) in [6, 6.07) is 22.2. The molecule has 1 atom stereocenters. The van der Waals surface area contributed by atoms with Gasteiger partial charge in [0.15, 0.2) is 0 Å². The van der Waals surface area contributed by atoms with E-state index < -0.39 is 12.1 Å². The fourth-order valence-corrected chi connectivity index (χ4v) is 3.69. The maximum atomic E-state index is 13.2. The number of nitrogens with one attached hydrogen (secondary N) is 3. The number of benzene rings is 3. The van der Waals surface area contributed by atoms with Crippen molar-refractivity contribution in [3.8, 4) is 0 Å². The molecule has 4 aromatic rings. The van der Waals surface area contributed by atoms with E-state index in [0.717, 1.165) is 33.2 Å². The molecular formula is C27H27N3O3. The Morgan fingerprint density at radius 3 is 2.48 bits per heavy atom. The Kier molecular flexibility index (Phi) is 6.74. The van der Waals surface area contributed by atoms with Crippen molar-refractivity contribution in [2.45, 2.75) is 32.9 Å². The van der Waals surface area contributed by atoms with Gasteiger partial charge in [-0.25, -0.2) is 4.79 Å². The quantitative estimate of drug-likeness (QED) is 0.366. The Morgan fingerprint density at radius 1 is 0.939 bits per heavy atom. The van der Waals surface area contributed by atoms with Crippen LogP contribution in [-0.2, 0) is 22.6 Å². The van der Waals surface area contributed by atoms with Gasteiger partial charge in [0.2, 0.25) is 5.91 Å². The number of anilines is 1. The van der Waals surface area contributed by atoms with Crippen LogP contribution in [0.25, 0.3) is 10.9 Å². The lowest BCUT2D eigenvalue weighted by Crippen LogP contribution is -2.45. The van der Waals surface area contributed by atoms with Gasteiger partial charge in [-0.1, -0.05) is 54.6 Å². The monoisotopic (exact) mass is 441 g/mol. The van der Waals surface area contributed by atoms with Crippen LogP contribution in [0, 0.1) is 13.8 Å². The summed E-state index contributed by atoms with van der Waals surface area (Å²) < 4.78 is 5.36. The van der Waals surface area contributed by atoms with Crippen molar-refractivity contribution in [3.63, 3.8) is 0 Å². The maximum Gasteiger partial charge on any atom is 0.408 e. The van der Waals surface area contributed by atoms with E-state index in [1.807, 2.05) is 92.8 Å². The zero-order valence-electron chi connectivity index (χ0n) is 18.7. The maximum absolute atomic E-state index is 13.2. The van der Waals surface area contributed by atoms with Crippen LogP contribution in [0.15, 0.2) is 79.0 Å². The summed E-state index contributed by atoms with van der Waals surface area (Å²) in [4.78, 5) is 29.0. The van der Waals surface area contributed by atoms with Gasteiger partial charge in [-0.15, -0.1) is 0 Å². The lowest BCUT2D eigenvalue weighted by Gasteiger charge is -2.19. The van der Waals surface area contributed by atoms with Gasteiger partial charge in [-0.3, -0.25) is 4.79 Å². The molecule has 4 rings (SSSR count). The third kappa shape index (κ3) is 5.60. The molecule has 1 aromatic heterocycles. The molecule has 168 valence electrons. The summed E-state index contributed by atoms with van der Waals surface area (Å²) in [6.07, 6.45) is 1.55. The number of ether oxygens (including phenoxy) is 1. The van der Waals surface area contributed by atoms with Crippen LogP contribution in [0.5, 0.6) is 0 Å². The minimum Gasteiger partial charge on any atom is -0.445 e. The normalized spacial score (nSPS) is 11.7. The number of H-pyrrole nitrogens is 1. The number of para-hydroxylation sites is 1. The molecule has 0 aliphatic heterocycles. The van der Waals surface area contributed by atoms with Crippen LogP contribution in [0.1, 0.15) is 22.3 Å². The number of carbonyl (C=O) groups excluding carboxylic acids is 2. The average Bonchev–Trinajstić information content (AvgIpc) is 3.23. The molecule has 6 nitrogen and oxygen atoms in total. The van der Waals surface area contributed by atoms with Crippen molar-refractivity contribution >= 4 is 28.6 Å². The molecule has 33 heavy (non-hydrogen) atoms. The Labute approximate surface area is 193 Å². The van der Waals surface area contributed by atoms with Crippen LogP contribution in [0.2, 0.25) is 0 Å². The predicted octanol–water partition coefficient (Wildman–Crippen LogP) is 5.26. The molecular weight excluding hydrogens is 414 g/mol.